The van der Waals surface area contributed by atoms with E-state index in [4.69, 9.17) is 10.3 Å². The Hall–Kier alpha value is -1.77. The minimum Gasteiger partial charge on any atom is -0.376 e. The number of hydrogen-bond donors (Lipinski definition) is 0. The van der Waals surface area contributed by atoms with Crippen LogP contribution in [0.4, 0.5) is 0 Å². The first-order valence-corrected chi connectivity index (χ1v) is 5.12. The summed E-state index contributed by atoms with van der Waals surface area (Å²) in [7, 11) is 1.69. The lowest BCUT2D eigenvalue weighted by molar-refractivity contribution is 0.106. The van der Waals surface area contributed by atoms with Gasteiger partial charge in [-0.1, -0.05) is 47.6 Å². The Morgan fingerprint density at radius 2 is 2.12 bits per heavy atom. The predicted octanol–water partition coefficient (Wildman–Crippen LogP) is 3.63. The van der Waals surface area contributed by atoms with Crippen LogP contribution in [-0.2, 0) is 4.74 Å². The van der Waals surface area contributed by atoms with E-state index in [1.54, 1.807) is 7.11 Å². The van der Waals surface area contributed by atoms with Crippen LogP contribution in [0, 0.1) is 0 Å². The van der Waals surface area contributed by atoms with Crippen molar-refractivity contribution in [2.75, 3.05) is 13.7 Å². The fourth-order valence-corrected chi connectivity index (χ4v) is 1.41. The highest BCUT2D eigenvalue weighted by Gasteiger charge is 2.06. The lowest BCUT2D eigenvalue weighted by Gasteiger charge is -2.13. The fraction of sp³-hybridized carbons (Fsp3) is 0.333. The van der Waals surface area contributed by atoms with Crippen LogP contribution in [0.2, 0.25) is 0 Å². The van der Waals surface area contributed by atoms with E-state index in [9.17, 15) is 0 Å². The molecule has 1 rings (SSSR count). The van der Waals surface area contributed by atoms with E-state index in [-0.39, 0.29) is 6.10 Å². The van der Waals surface area contributed by atoms with Crippen LogP contribution in [0.25, 0.3) is 10.4 Å². The van der Waals surface area contributed by atoms with Crippen LogP contribution >= 0.6 is 0 Å². The highest BCUT2D eigenvalue weighted by Crippen LogP contribution is 2.20. The molecule has 1 unspecified atom stereocenters. The van der Waals surface area contributed by atoms with E-state index in [0.717, 1.165) is 12.0 Å². The summed E-state index contributed by atoms with van der Waals surface area (Å²) in [4.78, 5) is 2.67. The van der Waals surface area contributed by atoms with Gasteiger partial charge in [0, 0.05) is 18.6 Å². The average Bonchev–Trinajstić information content (AvgIpc) is 2.35. The summed E-state index contributed by atoms with van der Waals surface area (Å²) in [5.41, 5.74) is 9.25. The molecule has 0 fully saturated rings. The molecule has 0 aliphatic heterocycles. The maximum atomic E-state index is 8.10. The molecular formula is C12H15N3O. The molecule has 0 heterocycles. The summed E-state index contributed by atoms with van der Waals surface area (Å²) < 4.78 is 5.39. The van der Waals surface area contributed by atoms with Crippen molar-refractivity contribution in [2.24, 2.45) is 5.11 Å². The SMILES string of the molecule is COC(C/C=C/CN=[N+]=[N-])c1ccccc1. The first-order chi connectivity index (χ1) is 7.88. The summed E-state index contributed by atoms with van der Waals surface area (Å²) in [5.74, 6) is 0. The van der Waals surface area contributed by atoms with Gasteiger partial charge in [-0.05, 0) is 17.5 Å². The van der Waals surface area contributed by atoms with Crippen molar-refractivity contribution >= 4 is 0 Å². The largest absolute Gasteiger partial charge is 0.376 e. The molecule has 1 aromatic carbocycles. The summed E-state index contributed by atoms with van der Waals surface area (Å²) >= 11 is 0. The van der Waals surface area contributed by atoms with Gasteiger partial charge in [0.25, 0.3) is 0 Å². The van der Waals surface area contributed by atoms with Crippen LogP contribution in [0.3, 0.4) is 0 Å². The third-order valence-electron chi connectivity index (χ3n) is 2.22. The zero-order valence-electron chi connectivity index (χ0n) is 9.28. The van der Waals surface area contributed by atoms with Gasteiger partial charge in [0.2, 0.25) is 0 Å². The monoisotopic (exact) mass is 217 g/mol. The lowest BCUT2D eigenvalue weighted by Crippen LogP contribution is -1.99. The van der Waals surface area contributed by atoms with Crippen LogP contribution in [0.1, 0.15) is 18.1 Å². The zero-order valence-corrected chi connectivity index (χ0v) is 9.28. The molecule has 1 aromatic rings. The lowest BCUT2D eigenvalue weighted by atomic mass is 10.1. The van der Waals surface area contributed by atoms with Gasteiger partial charge in [-0.2, -0.15) is 0 Å². The highest BCUT2D eigenvalue weighted by molar-refractivity contribution is 5.18. The van der Waals surface area contributed by atoms with Gasteiger partial charge in [-0.25, -0.2) is 0 Å². The third-order valence-corrected chi connectivity index (χ3v) is 2.22. The van der Waals surface area contributed by atoms with E-state index in [0.29, 0.717) is 6.54 Å². The first-order valence-electron chi connectivity index (χ1n) is 5.12. The number of ether oxygens (including phenoxy) is 1. The van der Waals surface area contributed by atoms with E-state index in [1.807, 2.05) is 42.5 Å². The number of methoxy groups -OCH3 is 1. The van der Waals surface area contributed by atoms with Crippen LogP contribution in [-0.4, -0.2) is 13.7 Å². The van der Waals surface area contributed by atoms with Gasteiger partial charge in [0.05, 0.1) is 6.10 Å². The molecule has 0 N–H and O–H groups in total. The molecule has 16 heavy (non-hydrogen) atoms. The number of rotatable bonds is 6. The van der Waals surface area contributed by atoms with Crippen molar-refractivity contribution < 1.29 is 4.74 Å². The van der Waals surface area contributed by atoms with E-state index in [1.165, 1.54) is 0 Å². The second-order valence-electron chi connectivity index (χ2n) is 3.26. The highest BCUT2D eigenvalue weighted by atomic mass is 16.5. The van der Waals surface area contributed by atoms with Gasteiger partial charge in [-0.3, -0.25) is 0 Å². The van der Waals surface area contributed by atoms with Gasteiger partial charge in [-0.15, -0.1) is 0 Å². The van der Waals surface area contributed by atoms with Gasteiger partial charge >= 0.3 is 0 Å². The van der Waals surface area contributed by atoms with Crippen molar-refractivity contribution in [1.29, 1.82) is 0 Å². The van der Waals surface area contributed by atoms with Crippen molar-refractivity contribution in [1.82, 2.24) is 0 Å². The van der Waals surface area contributed by atoms with Crippen molar-refractivity contribution in [3.8, 4) is 0 Å². The molecular weight excluding hydrogens is 202 g/mol. The molecule has 0 aliphatic rings. The van der Waals surface area contributed by atoms with Crippen LogP contribution in [0.5, 0.6) is 0 Å². The van der Waals surface area contributed by atoms with E-state index >= 15 is 0 Å². The van der Waals surface area contributed by atoms with E-state index < -0.39 is 0 Å². The molecule has 4 heteroatoms. The zero-order chi connectivity index (χ0) is 11.6. The fourth-order valence-electron chi connectivity index (χ4n) is 1.41. The summed E-state index contributed by atoms with van der Waals surface area (Å²) in [6, 6.07) is 10.0. The number of benzene rings is 1. The molecule has 0 spiro atoms. The quantitative estimate of drug-likeness (QED) is 0.310. The smallest absolute Gasteiger partial charge is 0.0855 e. The Balaban J connectivity index is 2.50. The Morgan fingerprint density at radius 1 is 1.38 bits per heavy atom. The Labute approximate surface area is 95.2 Å². The molecule has 1 atom stereocenters. The van der Waals surface area contributed by atoms with Crippen molar-refractivity contribution in [2.45, 2.75) is 12.5 Å². The van der Waals surface area contributed by atoms with Crippen molar-refractivity contribution in [3.05, 3.63) is 58.5 Å². The molecule has 4 nitrogen and oxygen atoms in total. The normalized spacial score (nSPS) is 12.3. The minimum atomic E-state index is 0.0588. The predicted molar refractivity (Wildman–Crippen MR) is 64.0 cm³/mol. The number of azide groups is 1. The standard InChI is InChI=1S/C12H15N3O/c1-16-12(9-5-6-10-14-15-13)11-7-3-2-4-8-11/h2-8,12H,9-10H2,1H3/b6-5+. The minimum absolute atomic E-state index is 0.0588. The summed E-state index contributed by atoms with van der Waals surface area (Å²) in [5, 5.41) is 3.42. The summed E-state index contributed by atoms with van der Waals surface area (Å²) in [6.45, 7) is 0.391. The Morgan fingerprint density at radius 3 is 2.75 bits per heavy atom. The second-order valence-corrected chi connectivity index (χ2v) is 3.26. The Bertz CT molecular complexity index is 369. The molecule has 0 saturated carbocycles. The maximum Gasteiger partial charge on any atom is 0.0855 e. The maximum absolute atomic E-state index is 8.10. The Kier molecular flexibility index (Phi) is 5.78. The summed E-state index contributed by atoms with van der Waals surface area (Å²) in [6.07, 6.45) is 4.65. The molecule has 0 radical (unpaired) electrons. The molecule has 0 aliphatic carbocycles. The number of nitrogens with zero attached hydrogens (tertiary/aromatic N) is 3. The molecule has 0 bridgehead atoms. The average molecular weight is 217 g/mol. The topological polar surface area (TPSA) is 58.0 Å². The third kappa shape index (κ3) is 4.17. The molecule has 0 saturated heterocycles. The van der Waals surface area contributed by atoms with Crippen molar-refractivity contribution in [3.63, 3.8) is 0 Å². The number of hydrogen-bond acceptors (Lipinski definition) is 2. The van der Waals surface area contributed by atoms with Gasteiger partial charge in [0.1, 0.15) is 0 Å². The second kappa shape index (κ2) is 7.51. The molecule has 0 aromatic heterocycles. The van der Waals surface area contributed by atoms with Gasteiger partial charge in [0.15, 0.2) is 0 Å². The molecule has 0 amide bonds. The van der Waals surface area contributed by atoms with Crippen LogP contribution in [0.15, 0.2) is 47.6 Å². The van der Waals surface area contributed by atoms with E-state index in [2.05, 4.69) is 10.0 Å². The van der Waals surface area contributed by atoms with Gasteiger partial charge < -0.3 is 4.74 Å². The van der Waals surface area contributed by atoms with Crippen LogP contribution < -0.4 is 0 Å². The first kappa shape index (κ1) is 12.3. The molecule has 84 valence electrons.